The van der Waals surface area contributed by atoms with Crippen molar-refractivity contribution in [3.05, 3.63) is 63.4 Å². The molecule has 4 heteroatoms. The SMILES string of the molecule is COc1ccc(Br)c(C(=O)Cc2cc(F)ccc2C)c1. The number of ether oxygens (including phenoxy) is 1. The molecule has 0 aliphatic rings. The fraction of sp³-hybridized carbons (Fsp3) is 0.188. The highest BCUT2D eigenvalue weighted by Crippen LogP contribution is 2.24. The number of rotatable bonds is 4. The lowest BCUT2D eigenvalue weighted by Gasteiger charge is -2.08. The minimum atomic E-state index is -0.330. The van der Waals surface area contributed by atoms with Gasteiger partial charge in [0.15, 0.2) is 5.78 Å². The highest BCUT2D eigenvalue weighted by Gasteiger charge is 2.13. The molecule has 2 aromatic rings. The molecule has 0 bridgehead atoms. The Morgan fingerprint density at radius 2 is 2.00 bits per heavy atom. The Morgan fingerprint density at radius 3 is 2.70 bits per heavy atom. The predicted octanol–water partition coefficient (Wildman–Crippen LogP) is 4.33. The number of hydrogen-bond donors (Lipinski definition) is 0. The molecule has 0 N–H and O–H groups in total. The van der Waals surface area contributed by atoms with Gasteiger partial charge in [0.1, 0.15) is 11.6 Å². The van der Waals surface area contributed by atoms with Gasteiger partial charge < -0.3 is 4.74 Å². The summed E-state index contributed by atoms with van der Waals surface area (Å²) in [6.07, 6.45) is 0.162. The molecule has 0 saturated heterocycles. The molecule has 0 heterocycles. The van der Waals surface area contributed by atoms with Crippen LogP contribution in [-0.4, -0.2) is 12.9 Å². The second-order valence-electron chi connectivity index (χ2n) is 4.52. The van der Waals surface area contributed by atoms with E-state index >= 15 is 0 Å². The third-order valence-corrected chi connectivity index (χ3v) is 3.83. The van der Waals surface area contributed by atoms with Crippen molar-refractivity contribution < 1.29 is 13.9 Å². The third kappa shape index (κ3) is 3.25. The maximum absolute atomic E-state index is 13.3. The zero-order valence-electron chi connectivity index (χ0n) is 11.2. The van der Waals surface area contributed by atoms with Gasteiger partial charge >= 0.3 is 0 Å². The van der Waals surface area contributed by atoms with Crippen molar-refractivity contribution in [3.8, 4) is 5.75 Å². The lowest BCUT2D eigenvalue weighted by molar-refractivity contribution is 0.0991. The van der Waals surface area contributed by atoms with E-state index in [4.69, 9.17) is 4.74 Å². The van der Waals surface area contributed by atoms with Gasteiger partial charge in [-0.15, -0.1) is 0 Å². The van der Waals surface area contributed by atoms with Crippen molar-refractivity contribution in [1.29, 1.82) is 0 Å². The Balaban J connectivity index is 2.30. The number of hydrogen-bond acceptors (Lipinski definition) is 2. The highest BCUT2D eigenvalue weighted by atomic mass is 79.9. The molecule has 0 unspecified atom stereocenters. The van der Waals surface area contributed by atoms with Gasteiger partial charge in [0.05, 0.1) is 7.11 Å². The van der Waals surface area contributed by atoms with E-state index in [1.54, 1.807) is 31.4 Å². The monoisotopic (exact) mass is 336 g/mol. The first-order chi connectivity index (χ1) is 9.51. The fourth-order valence-corrected chi connectivity index (χ4v) is 2.41. The molecule has 0 radical (unpaired) electrons. The van der Waals surface area contributed by atoms with Crippen molar-refractivity contribution >= 4 is 21.7 Å². The van der Waals surface area contributed by atoms with Crippen molar-refractivity contribution in [2.75, 3.05) is 7.11 Å². The van der Waals surface area contributed by atoms with E-state index in [9.17, 15) is 9.18 Å². The zero-order valence-corrected chi connectivity index (χ0v) is 12.8. The molecule has 20 heavy (non-hydrogen) atoms. The molecule has 0 aliphatic heterocycles. The number of methoxy groups -OCH3 is 1. The van der Waals surface area contributed by atoms with Crippen LogP contribution in [0, 0.1) is 12.7 Å². The average Bonchev–Trinajstić information content (AvgIpc) is 2.43. The molecule has 2 aromatic carbocycles. The molecule has 0 aromatic heterocycles. The highest BCUT2D eigenvalue weighted by molar-refractivity contribution is 9.10. The maximum atomic E-state index is 13.3. The standard InChI is InChI=1S/C16H14BrFO2/c1-10-3-4-12(18)7-11(10)8-16(19)14-9-13(20-2)5-6-15(14)17/h3-7,9H,8H2,1-2H3. The van der Waals surface area contributed by atoms with Crippen LogP contribution in [0.5, 0.6) is 5.75 Å². The number of carbonyl (C=O) groups excluding carboxylic acids is 1. The van der Waals surface area contributed by atoms with Gasteiger partial charge in [0.2, 0.25) is 0 Å². The molecular weight excluding hydrogens is 323 g/mol. The number of benzene rings is 2. The molecule has 0 fully saturated rings. The van der Waals surface area contributed by atoms with E-state index in [2.05, 4.69) is 15.9 Å². The third-order valence-electron chi connectivity index (χ3n) is 3.14. The first-order valence-corrected chi connectivity index (χ1v) is 6.92. The van der Waals surface area contributed by atoms with Gasteiger partial charge in [0, 0.05) is 16.5 Å². The van der Waals surface area contributed by atoms with Gasteiger partial charge in [-0.3, -0.25) is 4.79 Å². The van der Waals surface area contributed by atoms with Crippen LogP contribution in [0.1, 0.15) is 21.5 Å². The Morgan fingerprint density at radius 1 is 1.25 bits per heavy atom. The Hall–Kier alpha value is -1.68. The van der Waals surface area contributed by atoms with E-state index < -0.39 is 0 Å². The summed E-state index contributed by atoms with van der Waals surface area (Å²) in [5.74, 6) is 0.208. The molecule has 0 saturated carbocycles. The largest absolute Gasteiger partial charge is 0.497 e. The molecule has 0 aliphatic carbocycles. The van der Waals surface area contributed by atoms with Crippen LogP contribution in [0.4, 0.5) is 4.39 Å². The van der Waals surface area contributed by atoms with Crippen LogP contribution >= 0.6 is 15.9 Å². The van der Waals surface area contributed by atoms with Crippen LogP contribution in [0.2, 0.25) is 0 Å². The van der Waals surface area contributed by atoms with Crippen LogP contribution in [0.15, 0.2) is 40.9 Å². The number of Topliss-reactive ketones (excluding diaryl/α,β-unsaturated/α-hetero) is 1. The molecule has 0 atom stereocenters. The van der Waals surface area contributed by atoms with Crippen LogP contribution in [0.3, 0.4) is 0 Å². The molecule has 0 amide bonds. The van der Waals surface area contributed by atoms with E-state index in [0.717, 1.165) is 5.56 Å². The Kier molecular flexibility index (Phi) is 4.55. The molecule has 2 nitrogen and oxygen atoms in total. The first kappa shape index (κ1) is 14.7. The first-order valence-electron chi connectivity index (χ1n) is 6.13. The minimum Gasteiger partial charge on any atom is -0.497 e. The number of halogens is 2. The fourth-order valence-electron chi connectivity index (χ4n) is 1.94. The quantitative estimate of drug-likeness (QED) is 0.776. The molecular formula is C16H14BrFO2. The smallest absolute Gasteiger partial charge is 0.168 e. The number of ketones is 1. The Bertz CT molecular complexity index is 653. The Labute approximate surface area is 125 Å². The number of aryl methyl sites for hydroxylation is 1. The van der Waals surface area contributed by atoms with Crippen molar-refractivity contribution in [2.45, 2.75) is 13.3 Å². The van der Waals surface area contributed by atoms with E-state index in [0.29, 0.717) is 21.3 Å². The molecule has 104 valence electrons. The van der Waals surface area contributed by atoms with Crippen LogP contribution in [0.25, 0.3) is 0 Å². The second kappa shape index (κ2) is 6.18. The van der Waals surface area contributed by atoms with E-state index in [1.165, 1.54) is 12.1 Å². The summed E-state index contributed by atoms with van der Waals surface area (Å²) in [5, 5.41) is 0. The van der Waals surface area contributed by atoms with Crippen LogP contribution in [-0.2, 0) is 6.42 Å². The zero-order chi connectivity index (χ0) is 14.7. The number of carbonyl (C=O) groups is 1. The van der Waals surface area contributed by atoms with Gasteiger partial charge in [-0.2, -0.15) is 0 Å². The summed E-state index contributed by atoms with van der Waals surface area (Å²) in [4.78, 5) is 12.4. The summed E-state index contributed by atoms with van der Waals surface area (Å²) >= 11 is 3.36. The van der Waals surface area contributed by atoms with Crippen LogP contribution < -0.4 is 4.74 Å². The van der Waals surface area contributed by atoms with Crippen molar-refractivity contribution in [2.24, 2.45) is 0 Å². The summed E-state index contributed by atoms with van der Waals surface area (Å²) in [6, 6.07) is 9.70. The summed E-state index contributed by atoms with van der Waals surface area (Å²) in [5.41, 5.74) is 2.14. The molecule has 0 spiro atoms. The maximum Gasteiger partial charge on any atom is 0.168 e. The summed E-state index contributed by atoms with van der Waals surface area (Å²) in [6.45, 7) is 1.86. The second-order valence-corrected chi connectivity index (χ2v) is 5.37. The lowest BCUT2D eigenvalue weighted by Crippen LogP contribution is -2.06. The van der Waals surface area contributed by atoms with Crippen molar-refractivity contribution in [3.63, 3.8) is 0 Å². The normalized spacial score (nSPS) is 10.4. The summed E-state index contributed by atoms with van der Waals surface area (Å²) in [7, 11) is 1.55. The van der Waals surface area contributed by atoms with Crippen molar-refractivity contribution in [1.82, 2.24) is 0 Å². The van der Waals surface area contributed by atoms with E-state index in [1.807, 2.05) is 6.92 Å². The van der Waals surface area contributed by atoms with Gasteiger partial charge in [-0.1, -0.05) is 22.0 Å². The average molecular weight is 337 g/mol. The van der Waals surface area contributed by atoms with Gasteiger partial charge in [-0.25, -0.2) is 4.39 Å². The van der Waals surface area contributed by atoms with E-state index in [-0.39, 0.29) is 18.0 Å². The topological polar surface area (TPSA) is 26.3 Å². The predicted molar refractivity (Wildman–Crippen MR) is 79.9 cm³/mol. The lowest BCUT2D eigenvalue weighted by atomic mass is 9.99. The van der Waals surface area contributed by atoms with Gasteiger partial charge in [0.25, 0.3) is 0 Å². The summed E-state index contributed by atoms with van der Waals surface area (Å²) < 4.78 is 19.1. The van der Waals surface area contributed by atoms with Gasteiger partial charge in [-0.05, 0) is 48.4 Å². The molecule has 2 rings (SSSR count). The minimum absolute atomic E-state index is 0.0792.